The van der Waals surface area contributed by atoms with Gasteiger partial charge in [0.1, 0.15) is 17.3 Å². The Morgan fingerprint density at radius 2 is 1.76 bits per heavy atom. The number of nitrogens with one attached hydrogen (secondary N) is 1. The zero-order chi connectivity index (χ0) is 15.4. The van der Waals surface area contributed by atoms with Gasteiger partial charge in [0.25, 0.3) is 5.91 Å². The summed E-state index contributed by atoms with van der Waals surface area (Å²) in [6, 6.07) is 8.56. The van der Waals surface area contributed by atoms with Gasteiger partial charge in [0.2, 0.25) is 0 Å². The van der Waals surface area contributed by atoms with Crippen LogP contribution < -0.4 is 14.8 Å². The van der Waals surface area contributed by atoms with Gasteiger partial charge in [0.05, 0.1) is 19.9 Å². The van der Waals surface area contributed by atoms with Crippen LogP contribution in [-0.2, 0) is 0 Å². The van der Waals surface area contributed by atoms with Crippen LogP contribution in [0.3, 0.4) is 0 Å². The molecule has 0 atom stereocenters. The van der Waals surface area contributed by atoms with Gasteiger partial charge in [-0.1, -0.05) is 0 Å². The SMILES string of the molecule is COc1cc(OC)cc(C(=O)Nc2ccc(Br)c(C)n2)c1. The Morgan fingerprint density at radius 3 is 2.29 bits per heavy atom. The molecule has 6 heteroatoms. The van der Waals surface area contributed by atoms with Crippen molar-refractivity contribution in [2.75, 3.05) is 19.5 Å². The second kappa shape index (κ2) is 6.58. The van der Waals surface area contributed by atoms with Gasteiger partial charge in [-0.3, -0.25) is 4.79 Å². The first-order chi connectivity index (χ1) is 10.0. The molecule has 5 nitrogen and oxygen atoms in total. The number of carbonyl (C=O) groups excluding carboxylic acids is 1. The normalized spacial score (nSPS) is 10.1. The fraction of sp³-hybridized carbons (Fsp3) is 0.200. The Labute approximate surface area is 131 Å². The summed E-state index contributed by atoms with van der Waals surface area (Å²) < 4.78 is 11.2. The molecule has 0 aliphatic heterocycles. The molecule has 110 valence electrons. The van der Waals surface area contributed by atoms with E-state index < -0.39 is 0 Å². The molecule has 1 aromatic heterocycles. The van der Waals surface area contributed by atoms with Gasteiger partial charge >= 0.3 is 0 Å². The molecule has 0 radical (unpaired) electrons. The van der Waals surface area contributed by atoms with E-state index in [4.69, 9.17) is 9.47 Å². The van der Waals surface area contributed by atoms with Crippen molar-refractivity contribution in [3.8, 4) is 11.5 Å². The molecule has 0 spiro atoms. The topological polar surface area (TPSA) is 60.5 Å². The largest absolute Gasteiger partial charge is 0.497 e. The minimum atomic E-state index is -0.276. The smallest absolute Gasteiger partial charge is 0.257 e. The third-order valence-electron chi connectivity index (χ3n) is 2.88. The summed E-state index contributed by atoms with van der Waals surface area (Å²) in [5.41, 5.74) is 1.24. The van der Waals surface area contributed by atoms with Crippen LogP contribution in [0.4, 0.5) is 5.82 Å². The lowest BCUT2D eigenvalue weighted by Gasteiger charge is -2.09. The Morgan fingerprint density at radius 1 is 1.14 bits per heavy atom. The maximum Gasteiger partial charge on any atom is 0.257 e. The van der Waals surface area contributed by atoms with Crippen LogP contribution in [0, 0.1) is 6.92 Å². The van der Waals surface area contributed by atoms with E-state index in [0.717, 1.165) is 10.2 Å². The standard InChI is InChI=1S/C15H15BrN2O3/c1-9-13(16)4-5-14(17-9)18-15(19)10-6-11(20-2)8-12(7-10)21-3/h4-8H,1-3H3,(H,17,18,19). The van der Waals surface area contributed by atoms with E-state index in [-0.39, 0.29) is 5.91 Å². The summed E-state index contributed by atoms with van der Waals surface area (Å²) in [5, 5.41) is 2.75. The maximum atomic E-state index is 12.3. The van der Waals surface area contributed by atoms with Crippen molar-refractivity contribution >= 4 is 27.7 Å². The van der Waals surface area contributed by atoms with Gasteiger partial charge in [-0.05, 0) is 47.1 Å². The fourth-order valence-corrected chi connectivity index (χ4v) is 1.96. The molecular formula is C15H15BrN2O3. The van der Waals surface area contributed by atoms with E-state index in [2.05, 4.69) is 26.2 Å². The number of ether oxygens (including phenoxy) is 2. The molecule has 0 unspecified atom stereocenters. The van der Waals surface area contributed by atoms with Crippen molar-refractivity contribution < 1.29 is 14.3 Å². The second-order valence-corrected chi connectivity index (χ2v) is 5.17. The highest BCUT2D eigenvalue weighted by atomic mass is 79.9. The summed E-state index contributed by atoms with van der Waals surface area (Å²) in [7, 11) is 3.08. The van der Waals surface area contributed by atoms with E-state index in [0.29, 0.717) is 22.9 Å². The molecule has 1 heterocycles. The van der Waals surface area contributed by atoms with Crippen molar-refractivity contribution in [3.63, 3.8) is 0 Å². The zero-order valence-corrected chi connectivity index (χ0v) is 13.5. The third kappa shape index (κ3) is 3.72. The van der Waals surface area contributed by atoms with E-state index in [1.54, 1.807) is 24.3 Å². The van der Waals surface area contributed by atoms with E-state index in [1.165, 1.54) is 14.2 Å². The number of hydrogen-bond acceptors (Lipinski definition) is 4. The number of methoxy groups -OCH3 is 2. The highest BCUT2D eigenvalue weighted by molar-refractivity contribution is 9.10. The minimum absolute atomic E-state index is 0.276. The number of aryl methyl sites for hydroxylation is 1. The number of nitrogens with zero attached hydrogens (tertiary/aromatic N) is 1. The number of anilines is 1. The fourth-order valence-electron chi connectivity index (χ4n) is 1.74. The molecule has 0 saturated heterocycles. The van der Waals surface area contributed by atoms with Crippen molar-refractivity contribution in [3.05, 3.63) is 46.1 Å². The zero-order valence-electron chi connectivity index (χ0n) is 11.9. The van der Waals surface area contributed by atoms with Crippen molar-refractivity contribution in [2.45, 2.75) is 6.92 Å². The number of amides is 1. The van der Waals surface area contributed by atoms with Gasteiger partial charge in [-0.25, -0.2) is 4.98 Å². The van der Waals surface area contributed by atoms with Gasteiger partial charge in [-0.15, -0.1) is 0 Å². The van der Waals surface area contributed by atoms with Gasteiger partial charge in [-0.2, -0.15) is 0 Å². The molecule has 1 N–H and O–H groups in total. The molecule has 21 heavy (non-hydrogen) atoms. The van der Waals surface area contributed by atoms with Crippen LogP contribution >= 0.6 is 15.9 Å². The number of halogens is 1. The minimum Gasteiger partial charge on any atom is -0.497 e. The molecule has 0 fully saturated rings. The number of hydrogen-bond donors (Lipinski definition) is 1. The Kier molecular flexibility index (Phi) is 4.80. The quantitative estimate of drug-likeness (QED) is 0.917. The summed E-state index contributed by atoms with van der Waals surface area (Å²) in [5.74, 6) is 1.32. The molecule has 2 rings (SSSR count). The number of benzene rings is 1. The van der Waals surface area contributed by atoms with E-state index in [9.17, 15) is 4.79 Å². The van der Waals surface area contributed by atoms with Crippen LogP contribution in [0.25, 0.3) is 0 Å². The first-order valence-electron chi connectivity index (χ1n) is 6.21. The lowest BCUT2D eigenvalue weighted by atomic mass is 10.2. The monoisotopic (exact) mass is 350 g/mol. The molecule has 0 aliphatic rings. The first kappa shape index (κ1) is 15.3. The van der Waals surface area contributed by atoms with Gasteiger partial charge in [0, 0.05) is 16.1 Å². The average molecular weight is 351 g/mol. The number of aromatic nitrogens is 1. The van der Waals surface area contributed by atoms with Crippen LogP contribution in [0.5, 0.6) is 11.5 Å². The molecule has 0 saturated carbocycles. The van der Waals surface area contributed by atoms with E-state index >= 15 is 0 Å². The molecule has 1 aromatic carbocycles. The van der Waals surface area contributed by atoms with Crippen LogP contribution in [-0.4, -0.2) is 25.1 Å². The molecule has 1 amide bonds. The summed E-state index contributed by atoms with van der Waals surface area (Å²) in [6.45, 7) is 1.86. The van der Waals surface area contributed by atoms with Crippen molar-refractivity contribution in [1.29, 1.82) is 0 Å². The Bertz CT molecular complexity index is 652. The predicted octanol–water partition coefficient (Wildman–Crippen LogP) is 3.42. The highest BCUT2D eigenvalue weighted by Crippen LogP contribution is 2.23. The van der Waals surface area contributed by atoms with Crippen LogP contribution in [0.1, 0.15) is 16.1 Å². The number of pyridine rings is 1. The van der Waals surface area contributed by atoms with Crippen molar-refractivity contribution in [1.82, 2.24) is 4.98 Å². The highest BCUT2D eigenvalue weighted by Gasteiger charge is 2.11. The van der Waals surface area contributed by atoms with E-state index in [1.807, 2.05) is 13.0 Å². The van der Waals surface area contributed by atoms with Crippen molar-refractivity contribution in [2.24, 2.45) is 0 Å². The lowest BCUT2D eigenvalue weighted by Crippen LogP contribution is -2.13. The molecule has 2 aromatic rings. The maximum absolute atomic E-state index is 12.3. The Balaban J connectivity index is 2.25. The Hall–Kier alpha value is -2.08. The average Bonchev–Trinajstić information content (AvgIpc) is 2.50. The molecule has 0 bridgehead atoms. The summed E-state index contributed by atoms with van der Waals surface area (Å²) in [4.78, 5) is 16.6. The lowest BCUT2D eigenvalue weighted by molar-refractivity contribution is 0.102. The third-order valence-corrected chi connectivity index (χ3v) is 3.71. The molecular weight excluding hydrogens is 336 g/mol. The molecule has 0 aliphatic carbocycles. The summed E-state index contributed by atoms with van der Waals surface area (Å²) in [6.07, 6.45) is 0. The van der Waals surface area contributed by atoms with Gasteiger partial charge in [0.15, 0.2) is 0 Å². The van der Waals surface area contributed by atoms with Crippen LogP contribution in [0.2, 0.25) is 0 Å². The van der Waals surface area contributed by atoms with Gasteiger partial charge < -0.3 is 14.8 Å². The first-order valence-corrected chi connectivity index (χ1v) is 7.00. The van der Waals surface area contributed by atoms with Crippen LogP contribution in [0.15, 0.2) is 34.8 Å². The predicted molar refractivity (Wildman–Crippen MR) is 84.2 cm³/mol. The second-order valence-electron chi connectivity index (χ2n) is 4.32. The number of carbonyl (C=O) groups is 1. The number of rotatable bonds is 4. The summed E-state index contributed by atoms with van der Waals surface area (Å²) >= 11 is 3.37.